The van der Waals surface area contributed by atoms with Crippen molar-refractivity contribution in [1.82, 2.24) is 0 Å². The van der Waals surface area contributed by atoms with Gasteiger partial charge in [0, 0.05) is 11.6 Å². The van der Waals surface area contributed by atoms with E-state index < -0.39 is 17.9 Å². The van der Waals surface area contributed by atoms with Crippen LogP contribution in [0.3, 0.4) is 0 Å². The third kappa shape index (κ3) is 4.31. The predicted octanol–water partition coefficient (Wildman–Crippen LogP) is 4.26. The maximum absolute atomic E-state index is 14.1. The van der Waals surface area contributed by atoms with Gasteiger partial charge in [0.05, 0.1) is 18.4 Å². The Hall–Kier alpha value is -2.90. The van der Waals surface area contributed by atoms with Gasteiger partial charge in [-0.05, 0) is 24.3 Å². The smallest absolute Gasteiger partial charge is 0.480 e. The first kappa shape index (κ1) is 17.5. The normalized spacial score (nSPS) is 12.0. The number of methoxy groups -OCH3 is 1. The lowest BCUT2D eigenvalue weighted by atomic mass is 10.1. The molecule has 0 saturated carbocycles. The van der Waals surface area contributed by atoms with E-state index >= 15 is 0 Å². The number of benzene rings is 2. The Balaban J connectivity index is 2.41. The average molecular weight is 341 g/mol. The highest BCUT2D eigenvalue weighted by atomic mass is 19.4. The SMILES string of the molecule is COC(=Nc1ccccc1C=O)c1ccc(OC(F)(F)F)cc1F. The Morgan fingerprint density at radius 3 is 2.46 bits per heavy atom. The predicted molar refractivity (Wildman–Crippen MR) is 78.1 cm³/mol. The van der Waals surface area contributed by atoms with Crippen LogP contribution in [0.15, 0.2) is 47.5 Å². The summed E-state index contributed by atoms with van der Waals surface area (Å²) < 4.78 is 59.1. The van der Waals surface area contributed by atoms with Crippen molar-refractivity contribution in [3.8, 4) is 5.75 Å². The molecule has 0 heterocycles. The van der Waals surface area contributed by atoms with E-state index in [-0.39, 0.29) is 22.7 Å². The summed E-state index contributed by atoms with van der Waals surface area (Å²) in [6.07, 6.45) is -4.35. The highest BCUT2D eigenvalue weighted by Crippen LogP contribution is 2.26. The number of nitrogens with zero attached hydrogens (tertiary/aromatic N) is 1. The number of alkyl halides is 3. The number of carbonyl (C=O) groups is 1. The van der Waals surface area contributed by atoms with Crippen molar-refractivity contribution in [3.63, 3.8) is 0 Å². The molecule has 24 heavy (non-hydrogen) atoms. The Kier molecular flexibility index (Phi) is 5.18. The van der Waals surface area contributed by atoms with Gasteiger partial charge in [-0.25, -0.2) is 9.38 Å². The zero-order valence-corrected chi connectivity index (χ0v) is 12.3. The van der Waals surface area contributed by atoms with Crippen LogP contribution in [0.4, 0.5) is 23.2 Å². The lowest BCUT2D eigenvalue weighted by molar-refractivity contribution is -0.274. The molecular weight excluding hydrogens is 330 g/mol. The first-order chi connectivity index (χ1) is 11.3. The highest BCUT2D eigenvalue weighted by Gasteiger charge is 2.31. The van der Waals surface area contributed by atoms with Gasteiger partial charge in [-0.1, -0.05) is 12.1 Å². The summed E-state index contributed by atoms with van der Waals surface area (Å²) >= 11 is 0. The van der Waals surface area contributed by atoms with Crippen LogP contribution in [0.2, 0.25) is 0 Å². The molecule has 0 radical (unpaired) electrons. The second-order valence-electron chi connectivity index (χ2n) is 4.49. The molecule has 0 amide bonds. The molecule has 2 aromatic rings. The summed E-state index contributed by atoms with van der Waals surface area (Å²) in [5.41, 5.74) is 0.316. The maximum Gasteiger partial charge on any atom is 0.573 e. The van der Waals surface area contributed by atoms with E-state index in [1.54, 1.807) is 12.1 Å². The number of hydrogen-bond donors (Lipinski definition) is 0. The number of halogens is 4. The lowest BCUT2D eigenvalue weighted by Gasteiger charge is -2.11. The molecule has 0 aromatic heterocycles. The number of ether oxygens (including phenoxy) is 2. The number of rotatable bonds is 4. The number of aliphatic imine (C=N–C) groups is 1. The van der Waals surface area contributed by atoms with Gasteiger partial charge in [0.1, 0.15) is 11.6 Å². The van der Waals surface area contributed by atoms with Gasteiger partial charge in [-0.2, -0.15) is 0 Å². The van der Waals surface area contributed by atoms with Crippen molar-refractivity contribution < 1.29 is 31.8 Å². The molecule has 0 fully saturated rings. The van der Waals surface area contributed by atoms with Gasteiger partial charge in [-0.3, -0.25) is 4.79 Å². The van der Waals surface area contributed by atoms with Gasteiger partial charge >= 0.3 is 6.36 Å². The standard InChI is InChI=1S/C16H11F4NO3/c1-23-15(21-14-5-3-2-4-10(14)9-22)12-7-6-11(8-13(12)17)24-16(18,19)20/h2-9H,1H3. The molecule has 2 aromatic carbocycles. The van der Waals surface area contributed by atoms with Gasteiger partial charge in [-0.15, -0.1) is 13.2 Å². The van der Waals surface area contributed by atoms with Gasteiger partial charge in [0.2, 0.25) is 5.90 Å². The number of carbonyl (C=O) groups excluding carboxylic acids is 1. The molecule has 0 aliphatic heterocycles. The van der Waals surface area contributed by atoms with Crippen LogP contribution in [0.1, 0.15) is 15.9 Å². The zero-order valence-electron chi connectivity index (χ0n) is 12.3. The number of para-hydroxylation sites is 1. The minimum Gasteiger partial charge on any atom is -0.480 e. The van der Waals surface area contributed by atoms with Gasteiger partial charge in [0.15, 0.2) is 6.29 Å². The van der Waals surface area contributed by atoms with E-state index in [1.807, 2.05) is 0 Å². The van der Waals surface area contributed by atoms with Crippen molar-refractivity contribution in [3.05, 3.63) is 59.4 Å². The molecule has 0 aliphatic rings. The van der Waals surface area contributed by atoms with Crippen LogP contribution < -0.4 is 4.74 Å². The fourth-order valence-electron chi connectivity index (χ4n) is 1.88. The second kappa shape index (κ2) is 7.12. The summed E-state index contributed by atoms with van der Waals surface area (Å²) in [4.78, 5) is 15.0. The highest BCUT2D eigenvalue weighted by molar-refractivity contribution is 5.97. The Labute approximate surface area is 134 Å². The van der Waals surface area contributed by atoms with Crippen LogP contribution in [-0.4, -0.2) is 25.7 Å². The van der Waals surface area contributed by atoms with Crippen molar-refractivity contribution in [2.45, 2.75) is 6.36 Å². The minimum atomic E-state index is -4.92. The monoisotopic (exact) mass is 341 g/mol. The quantitative estimate of drug-likeness (QED) is 0.361. The topological polar surface area (TPSA) is 47.9 Å². The van der Waals surface area contributed by atoms with E-state index in [4.69, 9.17) is 4.74 Å². The van der Waals surface area contributed by atoms with Crippen molar-refractivity contribution in [2.75, 3.05) is 7.11 Å². The minimum absolute atomic E-state index is 0.173. The van der Waals surface area contributed by atoms with Crippen molar-refractivity contribution in [2.24, 2.45) is 4.99 Å². The van der Waals surface area contributed by atoms with Crippen molar-refractivity contribution in [1.29, 1.82) is 0 Å². The lowest BCUT2D eigenvalue weighted by Crippen LogP contribution is -2.17. The fraction of sp³-hybridized carbons (Fsp3) is 0.125. The summed E-state index contributed by atoms with van der Waals surface area (Å²) in [5, 5.41) is 0. The maximum atomic E-state index is 14.1. The summed E-state index contributed by atoms with van der Waals surface area (Å²) in [5.74, 6) is -1.91. The van der Waals surface area contributed by atoms with Gasteiger partial charge < -0.3 is 9.47 Å². The number of hydrogen-bond acceptors (Lipinski definition) is 4. The molecule has 2 rings (SSSR count). The third-order valence-electron chi connectivity index (χ3n) is 2.88. The first-order valence-corrected chi connectivity index (χ1v) is 6.56. The second-order valence-corrected chi connectivity index (χ2v) is 4.49. The fourth-order valence-corrected chi connectivity index (χ4v) is 1.88. The Bertz CT molecular complexity index is 772. The zero-order chi connectivity index (χ0) is 17.7. The molecular formula is C16H11F4NO3. The van der Waals surface area contributed by atoms with E-state index in [1.165, 1.54) is 19.2 Å². The number of aldehydes is 1. The summed E-state index contributed by atoms with van der Waals surface area (Å²) in [6, 6.07) is 8.82. The molecule has 0 aliphatic carbocycles. The molecule has 4 nitrogen and oxygen atoms in total. The Morgan fingerprint density at radius 2 is 1.88 bits per heavy atom. The molecule has 126 valence electrons. The molecule has 0 unspecified atom stereocenters. The molecule has 0 N–H and O–H groups in total. The molecule has 0 bridgehead atoms. The van der Waals surface area contributed by atoms with Crippen LogP contribution >= 0.6 is 0 Å². The summed E-state index contributed by atoms with van der Waals surface area (Å²) in [6.45, 7) is 0. The van der Waals surface area contributed by atoms with Crippen LogP contribution in [0.5, 0.6) is 5.75 Å². The molecule has 0 atom stereocenters. The largest absolute Gasteiger partial charge is 0.573 e. The van der Waals surface area contributed by atoms with E-state index in [0.717, 1.165) is 12.1 Å². The third-order valence-corrected chi connectivity index (χ3v) is 2.88. The Morgan fingerprint density at radius 1 is 1.17 bits per heavy atom. The molecule has 0 spiro atoms. The van der Waals surface area contributed by atoms with Gasteiger partial charge in [0.25, 0.3) is 0 Å². The van der Waals surface area contributed by atoms with Crippen LogP contribution in [0, 0.1) is 5.82 Å². The molecule has 0 saturated heterocycles. The van der Waals surface area contributed by atoms with Crippen LogP contribution in [0.25, 0.3) is 0 Å². The van der Waals surface area contributed by atoms with E-state index in [2.05, 4.69) is 9.73 Å². The van der Waals surface area contributed by atoms with Crippen LogP contribution in [-0.2, 0) is 4.74 Å². The first-order valence-electron chi connectivity index (χ1n) is 6.56. The van der Waals surface area contributed by atoms with E-state index in [9.17, 15) is 22.4 Å². The van der Waals surface area contributed by atoms with Crippen molar-refractivity contribution >= 4 is 17.9 Å². The average Bonchev–Trinajstić information content (AvgIpc) is 2.52. The summed E-state index contributed by atoms with van der Waals surface area (Å²) in [7, 11) is 1.22. The van der Waals surface area contributed by atoms with E-state index in [0.29, 0.717) is 12.4 Å². The molecule has 8 heteroatoms.